The predicted molar refractivity (Wildman–Crippen MR) is 168 cm³/mol. The van der Waals surface area contributed by atoms with Gasteiger partial charge in [-0.15, -0.1) is 0 Å². The summed E-state index contributed by atoms with van der Waals surface area (Å²) in [5, 5.41) is 47.2. The fraction of sp³-hybridized carbons (Fsp3) is 0.706. The summed E-state index contributed by atoms with van der Waals surface area (Å²) in [7, 11) is -2.37. The molecule has 1 aromatic carbocycles. The monoisotopic (exact) mass is 1090 g/mol. The Kier molecular flexibility index (Phi) is 15.1. The third kappa shape index (κ3) is 7.45. The molecule has 4 rings (SSSR count). The zero-order valence-corrected chi connectivity index (χ0v) is 39.1. The van der Waals surface area contributed by atoms with Crippen LogP contribution in [0.15, 0.2) is 42.0 Å². The Morgan fingerprint density at radius 2 is 1.61 bits per heavy atom. The Morgan fingerprint density at radius 3 is 2.09 bits per heavy atom. The molecule has 0 bridgehead atoms. The molecule has 9 atom stereocenters. The molecule has 46 heavy (non-hydrogen) atoms. The minimum atomic E-state index is -2.37. The first-order valence-corrected chi connectivity index (χ1v) is 18.6. The van der Waals surface area contributed by atoms with Crippen LogP contribution >= 0.6 is 0 Å². The van der Waals surface area contributed by atoms with E-state index < -0.39 is 78.5 Å². The van der Waals surface area contributed by atoms with Gasteiger partial charge in [-0.1, -0.05) is 58.9 Å². The van der Waals surface area contributed by atoms with Crippen LogP contribution in [0.5, 0.6) is 0 Å². The van der Waals surface area contributed by atoms with E-state index in [0.717, 1.165) is 18.1 Å². The van der Waals surface area contributed by atoms with Gasteiger partial charge in [-0.05, 0) is 56.6 Å². The van der Waals surface area contributed by atoms with E-state index in [4.69, 9.17) is 13.9 Å². The molecule has 1 saturated heterocycles. The molecule has 1 heterocycles. The van der Waals surface area contributed by atoms with Crippen LogP contribution in [-0.2, 0) is 18.7 Å². The van der Waals surface area contributed by atoms with Crippen molar-refractivity contribution < 1.29 is 132 Å². The van der Waals surface area contributed by atoms with E-state index in [9.17, 15) is 30.0 Å². The van der Waals surface area contributed by atoms with Crippen molar-refractivity contribution in [3.63, 3.8) is 0 Å². The maximum absolute atomic E-state index is 14.4. The van der Waals surface area contributed by atoms with E-state index in [-0.39, 0.29) is 113 Å². The molecule has 1 unspecified atom stereocenters. The molecule has 4 N–H and O–H groups in total. The molecule has 2 fully saturated rings. The van der Waals surface area contributed by atoms with Gasteiger partial charge in [0, 0.05) is 112 Å². The summed E-state index contributed by atoms with van der Waals surface area (Å²) in [4.78, 5) is 28.2. The van der Waals surface area contributed by atoms with Crippen molar-refractivity contribution in [1.29, 1.82) is 0 Å². The number of aliphatic hydroxyl groups excluding tert-OH is 2. The Bertz CT molecular complexity index is 1250. The van der Waals surface area contributed by atoms with Gasteiger partial charge in [-0.25, -0.2) is 4.79 Å². The molecule has 1 saturated carbocycles. The van der Waals surface area contributed by atoms with Crippen molar-refractivity contribution >= 4 is 20.1 Å². The second-order valence-corrected chi connectivity index (χ2v) is 18.8. The average Bonchev–Trinajstić information content (AvgIpc) is 2.98. The van der Waals surface area contributed by atoms with E-state index in [2.05, 4.69) is 20.8 Å². The average molecular weight is 1090 g/mol. The van der Waals surface area contributed by atoms with Crippen molar-refractivity contribution in [2.75, 3.05) is 6.61 Å². The smallest absolute Gasteiger partial charge is 0.338 e. The summed E-state index contributed by atoms with van der Waals surface area (Å²) < 4.78 is 19.3. The van der Waals surface area contributed by atoms with Crippen LogP contribution in [0.25, 0.3) is 0 Å². The predicted octanol–water partition coefficient (Wildman–Crippen LogP) is 4.18. The minimum Gasteiger partial charge on any atom is -0.455 e. The van der Waals surface area contributed by atoms with Gasteiger partial charge in [0.05, 0.1) is 35.9 Å². The second-order valence-electron chi connectivity index (χ2n) is 14.1. The molecule has 0 aromatic heterocycles. The quantitative estimate of drug-likeness (QED) is 0.146. The Hall–Kier alpha value is 0.960. The SMILES string of the molecule is CC[Si](CC)(CC)O[C@H]1C[C@H]2OC[C@@]2(O)C([C@H](OC(=O)c2ccccc2)[C@]2(O)C[C@H](O)C(C)=CC2(C)C)[C@]1(C)C(=O)[C@@H](C)O.[Ac].[Ac]. The number of carbonyl (C=O) groups excluding carboxylic acids is 2. The second kappa shape index (κ2) is 16.1. The number of benzene rings is 1. The van der Waals surface area contributed by atoms with Crippen LogP contribution in [0, 0.1) is 105 Å². The summed E-state index contributed by atoms with van der Waals surface area (Å²) in [6.45, 7) is 14.5. The molecule has 252 valence electrons. The van der Waals surface area contributed by atoms with Gasteiger partial charge in [0.1, 0.15) is 23.4 Å². The van der Waals surface area contributed by atoms with Crippen LogP contribution in [0.4, 0.5) is 0 Å². The molecule has 1 aliphatic heterocycles. The van der Waals surface area contributed by atoms with E-state index in [1.54, 1.807) is 64.1 Å². The number of esters is 1. The molecular formula is C34H52Ac2O9Si. The standard InChI is InChI=1S/C34H52O9Si.2Ac/c1-9-44(10-2,11-3)43-25-17-26-33(39,20-41-26)27(32(25,8)28(37)22(5)35)29(42-30(38)23-15-13-12-14-16-23)34(40)19-24(36)21(4)18-31(34,6)7;;/h12-16,18,22,24-27,29,35-36,39-40H,9-11,17,19-20H2,1-8H3;;/t22-,24+,25+,26-,27?,29+,32-,33+,34-;;/m1../s1. The summed E-state index contributed by atoms with van der Waals surface area (Å²) in [6, 6.07) is 10.7. The normalized spacial score (nSPS) is 34.7. The van der Waals surface area contributed by atoms with Crippen LogP contribution in [-0.4, -0.2) is 88.8 Å². The third-order valence-electron chi connectivity index (χ3n) is 11.3. The Morgan fingerprint density at radius 1 is 1.04 bits per heavy atom. The maximum atomic E-state index is 14.4. The maximum Gasteiger partial charge on any atom is 0.338 e. The number of aliphatic hydroxyl groups is 4. The third-order valence-corrected chi connectivity index (χ3v) is 16.0. The number of fused-ring (bicyclic) bond motifs is 1. The molecule has 3 aliphatic rings. The number of Topliss-reactive ketones (excluding diaryl/α,β-unsaturated/α-hetero) is 1. The molecule has 2 radical (unpaired) electrons. The molecular weight excluding hydrogens is 1030 g/mol. The largest absolute Gasteiger partial charge is 0.455 e. The minimum absolute atomic E-state index is 0. The Labute approximate surface area is 346 Å². The fourth-order valence-electron chi connectivity index (χ4n) is 8.09. The van der Waals surface area contributed by atoms with Crippen molar-refractivity contribution in [2.24, 2.45) is 16.7 Å². The number of carbonyl (C=O) groups is 2. The van der Waals surface area contributed by atoms with E-state index in [1.165, 1.54) is 6.92 Å². The fourth-order valence-corrected chi connectivity index (χ4v) is 11.0. The zero-order chi connectivity index (χ0) is 32.9. The van der Waals surface area contributed by atoms with Gasteiger partial charge in [0.2, 0.25) is 0 Å². The molecule has 12 heteroatoms. The van der Waals surface area contributed by atoms with Gasteiger partial charge in [-0.3, -0.25) is 4.79 Å². The topological polar surface area (TPSA) is 143 Å². The van der Waals surface area contributed by atoms with Crippen molar-refractivity contribution in [1.82, 2.24) is 0 Å². The first-order valence-electron chi connectivity index (χ1n) is 16.1. The van der Waals surface area contributed by atoms with E-state index in [0.29, 0.717) is 5.57 Å². The molecule has 0 spiro atoms. The number of ketones is 1. The van der Waals surface area contributed by atoms with Gasteiger partial charge >= 0.3 is 5.97 Å². The molecule has 1 aromatic rings. The summed E-state index contributed by atoms with van der Waals surface area (Å²) in [6.07, 6.45) is -3.75. The number of ether oxygens (including phenoxy) is 2. The first-order chi connectivity index (χ1) is 20.5. The van der Waals surface area contributed by atoms with Gasteiger partial charge in [0.15, 0.2) is 14.1 Å². The van der Waals surface area contributed by atoms with Gasteiger partial charge < -0.3 is 34.3 Å². The summed E-state index contributed by atoms with van der Waals surface area (Å²) >= 11 is 0. The summed E-state index contributed by atoms with van der Waals surface area (Å²) in [5.41, 5.74) is -5.40. The molecule has 0 amide bonds. The number of hydrogen-bond acceptors (Lipinski definition) is 9. The number of rotatable bonds is 11. The van der Waals surface area contributed by atoms with Crippen LogP contribution in [0.3, 0.4) is 0 Å². The van der Waals surface area contributed by atoms with Crippen molar-refractivity contribution in [3.8, 4) is 0 Å². The molecule has 9 nitrogen and oxygen atoms in total. The van der Waals surface area contributed by atoms with Crippen LogP contribution in [0.1, 0.15) is 78.6 Å². The number of hydrogen-bond donors (Lipinski definition) is 4. The molecule has 2 aliphatic carbocycles. The van der Waals surface area contributed by atoms with Crippen LogP contribution in [0.2, 0.25) is 18.1 Å². The van der Waals surface area contributed by atoms with Crippen LogP contribution < -0.4 is 0 Å². The van der Waals surface area contributed by atoms with Gasteiger partial charge in [-0.2, -0.15) is 0 Å². The van der Waals surface area contributed by atoms with Crippen molar-refractivity contribution in [3.05, 3.63) is 47.5 Å². The van der Waals surface area contributed by atoms with E-state index in [1.807, 2.05) is 0 Å². The van der Waals surface area contributed by atoms with Crippen molar-refractivity contribution in [2.45, 2.75) is 128 Å². The summed E-state index contributed by atoms with van der Waals surface area (Å²) in [5.74, 6) is -2.55. The van der Waals surface area contributed by atoms with Gasteiger partial charge in [0.25, 0.3) is 0 Å². The first kappa shape index (κ1) is 43.1. The zero-order valence-electron chi connectivity index (χ0n) is 28.7. The van der Waals surface area contributed by atoms with E-state index >= 15 is 0 Å². The Balaban J connectivity index is 0.00000368.